The second-order valence-electron chi connectivity index (χ2n) is 7.37. The molecular formula is C22H24N4O3S. The number of carbonyl (C=O) groups is 1. The summed E-state index contributed by atoms with van der Waals surface area (Å²) >= 11 is 1.37. The van der Waals surface area contributed by atoms with Crippen LogP contribution < -0.4 is 14.8 Å². The lowest BCUT2D eigenvalue weighted by molar-refractivity contribution is -0.118. The minimum atomic E-state index is -0.00658. The van der Waals surface area contributed by atoms with E-state index in [1.165, 1.54) is 11.8 Å². The molecule has 1 aliphatic heterocycles. The largest absolute Gasteiger partial charge is 0.454 e. The molecule has 0 saturated heterocycles. The monoisotopic (exact) mass is 424 g/mol. The van der Waals surface area contributed by atoms with Crippen LogP contribution in [0.2, 0.25) is 0 Å². The Hall–Kier alpha value is -3.00. The molecule has 156 valence electrons. The number of aromatic nitrogens is 3. The minimum absolute atomic E-state index is 0.00658. The summed E-state index contributed by atoms with van der Waals surface area (Å²) in [7, 11) is 0. The van der Waals surface area contributed by atoms with E-state index < -0.39 is 0 Å². The molecule has 30 heavy (non-hydrogen) atoms. The van der Waals surface area contributed by atoms with Crippen LogP contribution in [0.15, 0.2) is 53.7 Å². The number of nitrogens with one attached hydrogen (secondary N) is 1. The van der Waals surface area contributed by atoms with E-state index >= 15 is 0 Å². The first-order valence-electron chi connectivity index (χ1n) is 9.92. The van der Waals surface area contributed by atoms with E-state index in [4.69, 9.17) is 9.47 Å². The molecule has 1 aliphatic rings. The third-order valence-electron chi connectivity index (χ3n) is 4.65. The fraction of sp³-hybridized carbons (Fsp3) is 0.318. The summed E-state index contributed by atoms with van der Waals surface area (Å²) in [6.07, 6.45) is 0.963. The van der Waals surface area contributed by atoms with Gasteiger partial charge in [0.25, 0.3) is 0 Å². The maximum absolute atomic E-state index is 12.2. The standard InChI is InChI=1S/C22H24N4O3S/c1-15(2)10-11-23-20(27)13-30-22-25-24-21(26(22)17-6-4-3-5-7-17)16-8-9-18-19(12-16)29-14-28-18/h3-9,12,15H,10-11,13-14H2,1-2H3,(H,23,27). The van der Waals surface area contributed by atoms with Gasteiger partial charge >= 0.3 is 0 Å². The van der Waals surface area contributed by atoms with E-state index in [0.29, 0.717) is 29.2 Å². The number of para-hydroxylation sites is 1. The Morgan fingerprint density at radius 1 is 1.13 bits per heavy atom. The van der Waals surface area contributed by atoms with Crippen molar-refractivity contribution in [2.24, 2.45) is 5.92 Å². The summed E-state index contributed by atoms with van der Waals surface area (Å²) in [6.45, 7) is 5.18. The summed E-state index contributed by atoms with van der Waals surface area (Å²) in [5, 5.41) is 12.4. The second kappa shape index (κ2) is 9.21. The highest BCUT2D eigenvalue weighted by Crippen LogP contribution is 2.36. The zero-order valence-electron chi connectivity index (χ0n) is 17.0. The van der Waals surface area contributed by atoms with Gasteiger partial charge in [-0.15, -0.1) is 10.2 Å². The van der Waals surface area contributed by atoms with E-state index in [1.54, 1.807) is 0 Å². The summed E-state index contributed by atoms with van der Waals surface area (Å²) in [4.78, 5) is 12.2. The Morgan fingerprint density at radius 2 is 1.93 bits per heavy atom. The molecule has 0 fully saturated rings. The average Bonchev–Trinajstić information content (AvgIpc) is 3.39. The van der Waals surface area contributed by atoms with Crippen LogP contribution in [-0.4, -0.2) is 39.8 Å². The maximum atomic E-state index is 12.2. The Balaban J connectivity index is 1.58. The van der Waals surface area contributed by atoms with E-state index in [1.807, 2.05) is 53.1 Å². The fourth-order valence-corrected chi connectivity index (χ4v) is 3.86. The smallest absolute Gasteiger partial charge is 0.231 e. The second-order valence-corrected chi connectivity index (χ2v) is 8.31. The van der Waals surface area contributed by atoms with Gasteiger partial charge in [0.1, 0.15) is 0 Å². The van der Waals surface area contributed by atoms with E-state index in [-0.39, 0.29) is 18.5 Å². The molecule has 0 aliphatic carbocycles. The molecule has 8 heteroatoms. The molecule has 2 heterocycles. The predicted octanol–water partition coefficient (Wildman–Crippen LogP) is 3.92. The van der Waals surface area contributed by atoms with E-state index in [9.17, 15) is 4.79 Å². The number of hydrogen-bond acceptors (Lipinski definition) is 6. The zero-order chi connectivity index (χ0) is 20.9. The van der Waals surface area contributed by atoms with Crippen molar-refractivity contribution in [3.8, 4) is 28.6 Å². The van der Waals surface area contributed by atoms with Crippen molar-refractivity contribution in [1.29, 1.82) is 0 Å². The summed E-state index contributed by atoms with van der Waals surface area (Å²) in [5.74, 6) is 2.93. The van der Waals surface area contributed by atoms with Gasteiger partial charge < -0.3 is 14.8 Å². The SMILES string of the molecule is CC(C)CCNC(=O)CSc1nnc(-c2ccc3c(c2)OCO3)n1-c1ccccc1. The van der Waals surface area contributed by atoms with Crippen LogP contribution in [0.1, 0.15) is 20.3 Å². The zero-order valence-corrected chi connectivity index (χ0v) is 17.8. The van der Waals surface area contributed by atoms with Crippen molar-refractivity contribution in [1.82, 2.24) is 20.1 Å². The lowest BCUT2D eigenvalue weighted by atomic mass is 10.1. The number of benzene rings is 2. The van der Waals surface area contributed by atoms with Gasteiger partial charge in [-0.25, -0.2) is 0 Å². The van der Waals surface area contributed by atoms with Crippen LogP contribution in [-0.2, 0) is 4.79 Å². The summed E-state index contributed by atoms with van der Waals surface area (Å²) in [6, 6.07) is 15.6. The summed E-state index contributed by atoms with van der Waals surface area (Å²) < 4.78 is 12.9. The van der Waals surface area contributed by atoms with Crippen molar-refractivity contribution < 1.29 is 14.3 Å². The number of rotatable bonds is 8. The molecule has 1 aromatic heterocycles. The lowest BCUT2D eigenvalue weighted by Gasteiger charge is -2.11. The number of thioether (sulfide) groups is 1. The van der Waals surface area contributed by atoms with Crippen LogP contribution in [0.5, 0.6) is 11.5 Å². The molecular weight excluding hydrogens is 400 g/mol. The molecule has 2 aromatic carbocycles. The highest BCUT2D eigenvalue weighted by atomic mass is 32.2. The molecule has 0 atom stereocenters. The third-order valence-corrected chi connectivity index (χ3v) is 5.58. The van der Waals surface area contributed by atoms with Gasteiger partial charge in [0, 0.05) is 17.8 Å². The van der Waals surface area contributed by atoms with Crippen molar-refractivity contribution in [2.45, 2.75) is 25.4 Å². The van der Waals surface area contributed by atoms with Gasteiger partial charge in [0.2, 0.25) is 12.7 Å². The topological polar surface area (TPSA) is 78.3 Å². The number of amides is 1. The molecule has 1 N–H and O–H groups in total. The Labute approximate surface area is 179 Å². The van der Waals surface area contributed by atoms with Gasteiger partial charge in [-0.1, -0.05) is 43.8 Å². The minimum Gasteiger partial charge on any atom is -0.454 e. The number of nitrogens with zero attached hydrogens (tertiary/aromatic N) is 3. The summed E-state index contributed by atoms with van der Waals surface area (Å²) in [5.41, 5.74) is 1.79. The van der Waals surface area contributed by atoms with Crippen LogP contribution in [0.25, 0.3) is 17.1 Å². The first-order valence-corrected chi connectivity index (χ1v) is 10.9. The third kappa shape index (κ3) is 4.59. The van der Waals surface area contributed by atoms with E-state index in [2.05, 4.69) is 29.4 Å². The van der Waals surface area contributed by atoms with Gasteiger partial charge in [0.15, 0.2) is 22.5 Å². The van der Waals surface area contributed by atoms with Crippen LogP contribution in [0.3, 0.4) is 0 Å². The van der Waals surface area contributed by atoms with Crippen molar-refractivity contribution in [2.75, 3.05) is 19.1 Å². The van der Waals surface area contributed by atoms with Gasteiger partial charge in [0.05, 0.1) is 5.75 Å². The molecule has 7 nitrogen and oxygen atoms in total. The lowest BCUT2D eigenvalue weighted by Crippen LogP contribution is -2.27. The van der Waals surface area contributed by atoms with Crippen LogP contribution in [0.4, 0.5) is 0 Å². The molecule has 0 radical (unpaired) electrons. The average molecular weight is 425 g/mol. The highest BCUT2D eigenvalue weighted by Gasteiger charge is 2.20. The van der Waals surface area contributed by atoms with Crippen molar-refractivity contribution >= 4 is 17.7 Å². The molecule has 0 unspecified atom stereocenters. The molecule has 3 aromatic rings. The molecule has 0 bridgehead atoms. The normalized spacial score (nSPS) is 12.4. The molecule has 4 rings (SSSR count). The number of fused-ring (bicyclic) bond motifs is 1. The van der Waals surface area contributed by atoms with Gasteiger partial charge in [-0.3, -0.25) is 9.36 Å². The highest BCUT2D eigenvalue weighted by molar-refractivity contribution is 7.99. The quantitative estimate of drug-likeness (QED) is 0.552. The van der Waals surface area contributed by atoms with Crippen molar-refractivity contribution in [3.63, 3.8) is 0 Å². The first kappa shape index (κ1) is 20.3. The van der Waals surface area contributed by atoms with Crippen LogP contribution in [0, 0.1) is 5.92 Å². The first-order chi connectivity index (χ1) is 14.6. The predicted molar refractivity (Wildman–Crippen MR) is 116 cm³/mol. The molecule has 0 saturated carbocycles. The molecule has 1 amide bonds. The Bertz CT molecular complexity index is 1020. The molecule has 0 spiro atoms. The Morgan fingerprint density at radius 3 is 2.73 bits per heavy atom. The maximum Gasteiger partial charge on any atom is 0.231 e. The van der Waals surface area contributed by atoms with Gasteiger partial charge in [-0.05, 0) is 42.7 Å². The van der Waals surface area contributed by atoms with Gasteiger partial charge in [-0.2, -0.15) is 0 Å². The van der Waals surface area contributed by atoms with Crippen LogP contribution >= 0.6 is 11.8 Å². The Kier molecular flexibility index (Phi) is 6.23. The van der Waals surface area contributed by atoms with Crippen molar-refractivity contribution in [3.05, 3.63) is 48.5 Å². The van der Waals surface area contributed by atoms with E-state index in [0.717, 1.165) is 23.4 Å². The number of carbonyl (C=O) groups excluding carboxylic acids is 1. The number of hydrogen-bond donors (Lipinski definition) is 1. The fourth-order valence-electron chi connectivity index (χ4n) is 3.08. The number of ether oxygens (including phenoxy) is 2.